The number of methoxy groups -OCH3 is 1. The summed E-state index contributed by atoms with van der Waals surface area (Å²) in [4.78, 5) is 12.1. The highest BCUT2D eigenvalue weighted by atomic mass is 16.5. The van der Waals surface area contributed by atoms with Crippen LogP contribution in [0.15, 0.2) is 18.2 Å². The fraction of sp³-hybridized carbons (Fsp3) is 0.632. The standard InChI is InChI=1S/C19H27NO2/c1-13-3-6-18(22-2)16(9-13)7-8-20-19(21)12-17-11-14-4-5-15(17)10-14/h3,6,9,14-15,17H,4-5,7-8,10-12H2,1-2H3,(H,20,21)/t14-,15-,17+/m1/s1. The van der Waals surface area contributed by atoms with Gasteiger partial charge < -0.3 is 10.1 Å². The molecule has 0 unspecified atom stereocenters. The van der Waals surface area contributed by atoms with Crippen molar-refractivity contribution in [3.63, 3.8) is 0 Å². The Kier molecular flexibility index (Phi) is 4.70. The molecular weight excluding hydrogens is 274 g/mol. The lowest BCUT2D eigenvalue weighted by molar-refractivity contribution is -0.122. The molecule has 2 saturated carbocycles. The minimum Gasteiger partial charge on any atom is -0.496 e. The highest BCUT2D eigenvalue weighted by Crippen LogP contribution is 2.49. The lowest BCUT2D eigenvalue weighted by Gasteiger charge is -2.21. The SMILES string of the molecule is COc1ccc(C)cc1CCNC(=O)C[C@@H]1C[C@@H]2CC[C@@H]1C2. The Labute approximate surface area is 133 Å². The maximum absolute atomic E-state index is 12.1. The summed E-state index contributed by atoms with van der Waals surface area (Å²) in [6, 6.07) is 6.19. The van der Waals surface area contributed by atoms with E-state index < -0.39 is 0 Å². The number of fused-ring (bicyclic) bond motifs is 2. The third-order valence-corrected chi connectivity index (χ3v) is 5.48. The van der Waals surface area contributed by atoms with Crippen LogP contribution in [0.2, 0.25) is 0 Å². The van der Waals surface area contributed by atoms with Crippen LogP contribution in [0.25, 0.3) is 0 Å². The molecule has 0 saturated heterocycles. The first kappa shape index (κ1) is 15.4. The van der Waals surface area contributed by atoms with Crippen LogP contribution in [0.4, 0.5) is 0 Å². The van der Waals surface area contributed by atoms with E-state index in [1.54, 1.807) is 7.11 Å². The van der Waals surface area contributed by atoms with E-state index >= 15 is 0 Å². The maximum Gasteiger partial charge on any atom is 0.220 e. The summed E-state index contributed by atoms with van der Waals surface area (Å²) in [5, 5.41) is 3.09. The van der Waals surface area contributed by atoms with Crippen molar-refractivity contribution in [2.24, 2.45) is 17.8 Å². The summed E-state index contributed by atoms with van der Waals surface area (Å²) in [5.41, 5.74) is 2.40. The fourth-order valence-corrected chi connectivity index (χ4v) is 4.38. The van der Waals surface area contributed by atoms with Gasteiger partial charge in [-0.2, -0.15) is 0 Å². The summed E-state index contributed by atoms with van der Waals surface area (Å²) in [6.07, 6.45) is 6.96. The molecule has 120 valence electrons. The summed E-state index contributed by atoms with van der Waals surface area (Å²) in [5.74, 6) is 3.52. The van der Waals surface area contributed by atoms with Gasteiger partial charge in [0, 0.05) is 13.0 Å². The van der Waals surface area contributed by atoms with Gasteiger partial charge in [0.15, 0.2) is 0 Å². The molecule has 0 aromatic heterocycles. The zero-order chi connectivity index (χ0) is 15.5. The topological polar surface area (TPSA) is 38.3 Å². The van der Waals surface area contributed by atoms with E-state index in [4.69, 9.17) is 4.74 Å². The molecule has 0 radical (unpaired) electrons. The zero-order valence-corrected chi connectivity index (χ0v) is 13.7. The van der Waals surface area contributed by atoms with E-state index in [1.807, 2.05) is 6.07 Å². The lowest BCUT2D eigenvalue weighted by atomic mass is 9.86. The van der Waals surface area contributed by atoms with E-state index in [2.05, 4.69) is 24.4 Å². The van der Waals surface area contributed by atoms with Gasteiger partial charge >= 0.3 is 0 Å². The number of amides is 1. The van der Waals surface area contributed by atoms with Crippen LogP contribution in [0, 0.1) is 24.7 Å². The monoisotopic (exact) mass is 301 g/mol. The Bertz CT molecular complexity index is 540. The minimum absolute atomic E-state index is 0.226. The predicted octanol–water partition coefficient (Wildman–Crippen LogP) is 3.49. The van der Waals surface area contributed by atoms with Gasteiger partial charge in [0.25, 0.3) is 0 Å². The molecule has 22 heavy (non-hydrogen) atoms. The molecule has 2 bridgehead atoms. The van der Waals surface area contributed by atoms with Crippen molar-refractivity contribution in [3.05, 3.63) is 29.3 Å². The van der Waals surface area contributed by atoms with Gasteiger partial charge in [0.05, 0.1) is 7.11 Å². The van der Waals surface area contributed by atoms with Gasteiger partial charge in [-0.25, -0.2) is 0 Å². The molecule has 2 aliphatic rings. The van der Waals surface area contributed by atoms with E-state index in [1.165, 1.54) is 36.8 Å². The number of hydrogen-bond donors (Lipinski definition) is 1. The number of carbonyl (C=O) groups is 1. The van der Waals surface area contributed by atoms with Gasteiger partial charge in [0.2, 0.25) is 5.91 Å². The van der Waals surface area contributed by atoms with Gasteiger partial charge in [-0.3, -0.25) is 4.79 Å². The molecule has 1 N–H and O–H groups in total. The molecular formula is C19H27NO2. The molecule has 1 aromatic rings. The van der Waals surface area contributed by atoms with Crippen LogP contribution in [0.1, 0.15) is 43.2 Å². The Hall–Kier alpha value is -1.51. The highest BCUT2D eigenvalue weighted by molar-refractivity contribution is 5.76. The fourth-order valence-electron chi connectivity index (χ4n) is 4.38. The number of ether oxygens (including phenoxy) is 1. The van der Waals surface area contributed by atoms with Crippen LogP contribution in [-0.4, -0.2) is 19.6 Å². The van der Waals surface area contributed by atoms with Crippen LogP contribution in [0.5, 0.6) is 5.75 Å². The van der Waals surface area contributed by atoms with Crippen LogP contribution in [-0.2, 0) is 11.2 Å². The van der Waals surface area contributed by atoms with Gasteiger partial charge in [-0.05, 0) is 62.0 Å². The minimum atomic E-state index is 0.226. The van der Waals surface area contributed by atoms with Crippen molar-refractivity contribution in [2.75, 3.05) is 13.7 Å². The molecule has 3 rings (SSSR count). The number of rotatable bonds is 6. The maximum atomic E-state index is 12.1. The first-order chi connectivity index (χ1) is 10.7. The Morgan fingerprint density at radius 3 is 2.86 bits per heavy atom. The van der Waals surface area contributed by atoms with Crippen molar-refractivity contribution in [1.29, 1.82) is 0 Å². The van der Waals surface area contributed by atoms with E-state index in [0.717, 1.165) is 30.4 Å². The number of hydrogen-bond acceptors (Lipinski definition) is 2. The normalized spacial score (nSPS) is 26.2. The van der Waals surface area contributed by atoms with E-state index in [0.29, 0.717) is 12.5 Å². The Morgan fingerprint density at radius 2 is 2.18 bits per heavy atom. The number of nitrogens with one attached hydrogen (secondary N) is 1. The molecule has 0 heterocycles. The molecule has 3 atom stereocenters. The summed E-state index contributed by atoms with van der Waals surface area (Å²) in [7, 11) is 1.70. The zero-order valence-electron chi connectivity index (χ0n) is 13.7. The number of benzene rings is 1. The third-order valence-electron chi connectivity index (χ3n) is 5.48. The molecule has 0 aliphatic heterocycles. The number of carbonyl (C=O) groups excluding carboxylic acids is 1. The lowest BCUT2D eigenvalue weighted by Crippen LogP contribution is -2.29. The molecule has 1 amide bonds. The van der Waals surface area contributed by atoms with Crippen LogP contribution >= 0.6 is 0 Å². The second-order valence-corrected chi connectivity index (χ2v) is 7.05. The van der Waals surface area contributed by atoms with Crippen molar-refractivity contribution in [3.8, 4) is 5.75 Å². The van der Waals surface area contributed by atoms with Crippen molar-refractivity contribution in [1.82, 2.24) is 5.32 Å². The quantitative estimate of drug-likeness (QED) is 0.873. The molecule has 3 nitrogen and oxygen atoms in total. The third kappa shape index (κ3) is 3.45. The largest absolute Gasteiger partial charge is 0.496 e. The van der Waals surface area contributed by atoms with Crippen molar-refractivity contribution >= 4 is 5.91 Å². The second-order valence-electron chi connectivity index (χ2n) is 7.05. The average Bonchev–Trinajstić information content (AvgIpc) is 3.10. The first-order valence-electron chi connectivity index (χ1n) is 8.56. The Balaban J connectivity index is 1.45. The van der Waals surface area contributed by atoms with E-state index in [9.17, 15) is 4.79 Å². The smallest absolute Gasteiger partial charge is 0.220 e. The molecule has 2 aliphatic carbocycles. The summed E-state index contributed by atoms with van der Waals surface area (Å²) in [6.45, 7) is 2.77. The predicted molar refractivity (Wildman–Crippen MR) is 88.0 cm³/mol. The van der Waals surface area contributed by atoms with Crippen molar-refractivity contribution < 1.29 is 9.53 Å². The van der Waals surface area contributed by atoms with Gasteiger partial charge in [-0.15, -0.1) is 0 Å². The number of aryl methyl sites for hydroxylation is 1. The highest BCUT2D eigenvalue weighted by Gasteiger charge is 2.39. The van der Waals surface area contributed by atoms with Gasteiger partial charge in [0.1, 0.15) is 5.75 Å². The molecule has 1 aromatic carbocycles. The summed E-state index contributed by atoms with van der Waals surface area (Å²) >= 11 is 0. The van der Waals surface area contributed by atoms with Gasteiger partial charge in [-0.1, -0.05) is 24.1 Å². The van der Waals surface area contributed by atoms with Crippen molar-refractivity contribution in [2.45, 2.75) is 45.4 Å². The second kappa shape index (κ2) is 6.72. The first-order valence-corrected chi connectivity index (χ1v) is 8.56. The van der Waals surface area contributed by atoms with E-state index in [-0.39, 0.29) is 5.91 Å². The molecule has 3 heteroatoms. The Morgan fingerprint density at radius 1 is 1.32 bits per heavy atom. The summed E-state index contributed by atoms with van der Waals surface area (Å²) < 4.78 is 5.39. The van der Waals surface area contributed by atoms with Crippen LogP contribution in [0.3, 0.4) is 0 Å². The van der Waals surface area contributed by atoms with Crippen LogP contribution < -0.4 is 10.1 Å². The molecule has 2 fully saturated rings. The average molecular weight is 301 g/mol. The molecule has 0 spiro atoms.